The van der Waals surface area contributed by atoms with Crippen molar-refractivity contribution in [3.8, 4) is 5.75 Å². The van der Waals surface area contributed by atoms with E-state index in [1.807, 2.05) is 0 Å². The fourth-order valence-electron chi connectivity index (χ4n) is 2.08. The Balaban J connectivity index is 2.48. The average Bonchev–Trinajstić information content (AvgIpc) is 2.47. The molecule has 24 heavy (non-hydrogen) atoms. The first-order chi connectivity index (χ1) is 11.2. The smallest absolute Gasteiger partial charge is 0.465 e. The summed E-state index contributed by atoms with van der Waals surface area (Å²) >= 11 is 5.83. The lowest BCUT2D eigenvalue weighted by Crippen LogP contribution is -2.19. The van der Waals surface area contributed by atoms with Crippen molar-refractivity contribution in [2.75, 3.05) is 5.32 Å². The van der Waals surface area contributed by atoms with Crippen molar-refractivity contribution in [2.24, 2.45) is 0 Å². The predicted octanol–water partition coefficient (Wildman–Crippen LogP) is 4.41. The zero-order chi connectivity index (χ0) is 17.9. The summed E-state index contributed by atoms with van der Waals surface area (Å²) in [6.07, 6.45) is -7.93. The maximum atomic E-state index is 12.5. The minimum absolute atomic E-state index is 0.0110. The molecule has 0 saturated carbocycles. The van der Waals surface area contributed by atoms with E-state index in [-0.39, 0.29) is 21.8 Å². The number of halogens is 4. The molecule has 128 valence electrons. The fourth-order valence-corrected chi connectivity index (χ4v) is 2.26. The molecule has 0 aliphatic carbocycles. The normalized spacial score (nSPS) is 12.5. The number of carboxylic acid groups (broad SMARTS) is 1. The second-order valence-corrected chi connectivity index (χ2v) is 5.09. The van der Waals surface area contributed by atoms with Gasteiger partial charge in [0.25, 0.3) is 0 Å². The molecule has 1 atom stereocenters. The minimum atomic E-state index is -4.94. The highest BCUT2D eigenvalue weighted by molar-refractivity contribution is 6.30. The highest BCUT2D eigenvalue weighted by atomic mass is 35.5. The molecule has 2 aromatic carbocycles. The van der Waals surface area contributed by atoms with Crippen molar-refractivity contribution in [3.63, 3.8) is 0 Å². The molecule has 1 amide bonds. The van der Waals surface area contributed by atoms with Gasteiger partial charge < -0.3 is 14.9 Å². The van der Waals surface area contributed by atoms with Crippen LogP contribution in [0.15, 0.2) is 42.5 Å². The second-order valence-electron chi connectivity index (χ2n) is 4.65. The maximum Gasteiger partial charge on any atom is 0.573 e. The Hall–Kier alpha value is -2.45. The van der Waals surface area contributed by atoms with Crippen LogP contribution in [0, 0.1) is 0 Å². The number of carbonyl (C=O) groups is 1. The largest absolute Gasteiger partial charge is 0.573 e. The van der Waals surface area contributed by atoms with Gasteiger partial charge >= 0.3 is 12.5 Å². The quantitative estimate of drug-likeness (QED) is 0.753. The summed E-state index contributed by atoms with van der Waals surface area (Å²) in [6, 6.07) is 8.92. The van der Waals surface area contributed by atoms with Crippen molar-refractivity contribution >= 4 is 23.4 Å². The number of benzene rings is 2. The van der Waals surface area contributed by atoms with Gasteiger partial charge in [-0.3, -0.25) is 5.32 Å². The SMILES string of the molecule is O=C(O)Nc1ccc(Cl)cc1C(O)c1ccccc1OC(F)(F)F. The molecule has 0 aromatic heterocycles. The Bertz CT molecular complexity index is 752. The minimum Gasteiger partial charge on any atom is -0.465 e. The topological polar surface area (TPSA) is 78.8 Å². The summed E-state index contributed by atoms with van der Waals surface area (Å²) in [5.74, 6) is -0.598. The van der Waals surface area contributed by atoms with Gasteiger partial charge in [0.1, 0.15) is 11.9 Å². The van der Waals surface area contributed by atoms with Crippen molar-refractivity contribution in [3.05, 3.63) is 58.6 Å². The molecule has 5 nitrogen and oxygen atoms in total. The van der Waals surface area contributed by atoms with Crippen molar-refractivity contribution < 1.29 is 32.9 Å². The van der Waals surface area contributed by atoms with Gasteiger partial charge in [0.05, 0.1) is 5.69 Å². The first-order valence-electron chi connectivity index (χ1n) is 6.49. The zero-order valence-corrected chi connectivity index (χ0v) is 12.6. The van der Waals surface area contributed by atoms with E-state index in [9.17, 15) is 23.1 Å². The number of alkyl halides is 3. The number of hydrogen-bond acceptors (Lipinski definition) is 3. The van der Waals surface area contributed by atoms with Gasteiger partial charge in [0.2, 0.25) is 0 Å². The van der Waals surface area contributed by atoms with Crippen LogP contribution in [0.2, 0.25) is 5.02 Å². The highest BCUT2D eigenvalue weighted by Crippen LogP contribution is 2.37. The maximum absolute atomic E-state index is 12.5. The van der Waals surface area contributed by atoms with E-state index >= 15 is 0 Å². The van der Waals surface area contributed by atoms with Crippen LogP contribution in [0.4, 0.5) is 23.7 Å². The number of para-hydroxylation sites is 1. The Kier molecular flexibility index (Phi) is 5.20. The number of aliphatic hydroxyl groups is 1. The lowest BCUT2D eigenvalue weighted by Gasteiger charge is -2.19. The van der Waals surface area contributed by atoms with E-state index in [0.29, 0.717) is 0 Å². The molecular weight excluding hydrogens is 351 g/mol. The van der Waals surface area contributed by atoms with Crippen molar-refractivity contribution in [1.82, 2.24) is 0 Å². The number of hydrogen-bond donors (Lipinski definition) is 3. The molecular formula is C15H11ClF3NO4. The van der Waals surface area contributed by atoms with Crippen LogP contribution < -0.4 is 10.1 Å². The monoisotopic (exact) mass is 361 g/mol. The van der Waals surface area contributed by atoms with E-state index < -0.39 is 24.3 Å². The summed E-state index contributed by atoms with van der Waals surface area (Å²) < 4.78 is 41.4. The molecule has 0 saturated heterocycles. The second kappa shape index (κ2) is 6.98. The highest BCUT2D eigenvalue weighted by Gasteiger charge is 2.33. The Morgan fingerprint density at radius 3 is 2.46 bits per heavy atom. The van der Waals surface area contributed by atoms with E-state index in [1.165, 1.54) is 36.4 Å². The molecule has 1 unspecified atom stereocenters. The van der Waals surface area contributed by atoms with Crippen LogP contribution in [0.5, 0.6) is 5.75 Å². The van der Waals surface area contributed by atoms with Crippen molar-refractivity contribution in [1.29, 1.82) is 0 Å². The molecule has 0 heterocycles. The van der Waals surface area contributed by atoms with E-state index in [2.05, 4.69) is 10.1 Å². The van der Waals surface area contributed by atoms with Gasteiger partial charge in [-0.2, -0.15) is 0 Å². The summed E-state index contributed by atoms with van der Waals surface area (Å²) in [6.45, 7) is 0. The van der Waals surface area contributed by atoms with Gasteiger partial charge in [-0.25, -0.2) is 4.79 Å². The Morgan fingerprint density at radius 1 is 1.17 bits per heavy atom. The molecule has 0 spiro atoms. The number of rotatable bonds is 4. The molecule has 0 bridgehead atoms. The van der Waals surface area contributed by atoms with E-state index in [4.69, 9.17) is 16.7 Å². The number of aliphatic hydroxyl groups excluding tert-OH is 1. The van der Waals surface area contributed by atoms with Crippen LogP contribution in [0.25, 0.3) is 0 Å². The van der Waals surface area contributed by atoms with Crippen LogP contribution in [0.3, 0.4) is 0 Å². The summed E-state index contributed by atoms with van der Waals surface area (Å²) in [7, 11) is 0. The van der Waals surface area contributed by atoms with Gasteiger partial charge in [0.15, 0.2) is 0 Å². The van der Waals surface area contributed by atoms with Crippen LogP contribution in [0.1, 0.15) is 17.2 Å². The molecule has 0 fully saturated rings. The molecule has 0 aliphatic rings. The number of amides is 1. The van der Waals surface area contributed by atoms with Crippen molar-refractivity contribution in [2.45, 2.75) is 12.5 Å². The molecule has 0 radical (unpaired) electrons. The van der Waals surface area contributed by atoms with Gasteiger partial charge in [0, 0.05) is 16.1 Å². The molecule has 0 aliphatic heterocycles. The van der Waals surface area contributed by atoms with E-state index in [1.54, 1.807) is 0 Å². The lowest BCUT2D eigenvalue weighted by molar-refractivity contribution is -0.275. The number of nitrogens with one attached hydrogen (secondary N) is 1. The van der Waals surface area contributed by atoms with Crippen LogP contribution >= 0.6 is 11.6 Å². The number of anilines is 1. The van der Waals surface area contributed by atoms with Gasteiger partial charge in [-0.15, -0.1) is 13.2 Å². The van der Waals surface area contributed by atoms with Crippen LogP contribution in [-0.2, 0) is 0 Å². The first kappa shape index (κ1) is 17.9. The molecule has 9 heteroatoms. The summed E-state index contributed by atoms with van der Waals surface area (Å²) in [4.78, 5) is 10.8. The number of ether oxygens (including phenoxy) is 1. The summed E-state index contributed by atoms with van der Waals surface area (Å²) in [5, 5.41) is 21.5. The Labute approximate surface area is 139 Å². The average molecular weight is 362 g/mol. The third-order valence-electron chi connectivity index (χ3n) is 2.99. The predicted molar refractivity (Wildman–Crippen MR) is 80.3 cm³/mol. The third-order valence-corrected chi connectivity index (χ3v) is 3.22. The fraction of sp³-hybridized carbons (Fsp3) is 0.133. The third kappa shape index (κ3) is 4.53. The molecule has 2 rings (SSSR count). The standard InChI is InChI=1S/C15H11ClF3NO4/c16-8-5-6-11(20-14(22)23)10(7-8)13(21)9-3-1-2-4-12(9)24-15(17,18)19/h1-7,13,20-21H,(H,22,23). The zero-order valence-electron chi connectivity index (χ0n) is 11.8. The lowest BCUT2D eigenvalue weighted by atomic mass is 9.99. The Morgan fingerprint density at radius 2 is 1.83 bits per heavy atom. The first-order valence-corrected chi connectivity index (χ1v) is 6.87. The molecule has 2 aromatic rings. The van der Waals surface area contributed by atoms with Gasteiger partial charge in [-0.1, -0.05) is 29.8 Å². The van der Waals surface area contributed by atoms with E-state index in [0.717, 1.165) is 6.07 Å². The summed E-state index contributed by atoms with van der Waals surface area (Å²) in [5.41, 5.74) is -0.213. The van der Waals surface area contributed by atoms with Crippen LogP contribution in [-0.4, -0.2) is 22.7 Å². The molecule has 3 N–H and O–H groups in total. The van der Waals surface area contributed by atoms with Gasteiger partial charge in [-0.05, 0) is 24.3 Å².